The number of rotatable bonds is 4. The Morgan fingerprint density at radius 1 is 1.55 bits per heavy atom. The van der Waals surface area contributed by atoms with Gasteiger partial charge < -0.3 is 0 Å². The van der Waals surface area contributed by atoms with Crippen molar-refractivity contribution in [1.29, 1.82) is 0 Å². The van der Waals surface area contributed by atoms with E-state index in [0.29, 0.717) is 0 Å². The van der Waals surface area contributed by atoms with Crippen molar-refractivity contribution in [3.63, 3.8) is 0 Å². The quantitative estimate of drug-likeness (QED) is 0.484. The minimum Gasteiger partial charge on any atom is -0.159 e. The molecule has 0 aromatic rings. The van der Waals surface area contributed by atoms with Crippen LogP contribution in [-0.2, 0) is 0 Å². The molecule has 1 atom stereocenters. The van der Waals surface area contributed by atoms with Gasteiger partial charge in [-0.15, -0.1) is 11.6 Å². The molecule has 1 radical (unpaired) electrons. The van der Waals surface area contributed by atoms with Crippen molar-refractivity contribution >= 4 is 23.4 Å². The molecule has 0 nitrogen and oxygen atoms in total. The van der Waals surface area contributed by atoms with Crippen molar-refractivity contribution < 1.29 is 0 Å². The van der Waals surface area contributed by atoms with Crippen molar-refractivity contribution in [2.24, 2.45) is 0 Å². The highest BCUT2D eigenvalue weighted by Gasteiger charge is 2.12. The van der Waals surface area contributed by atoms with Crippen molar-refractivity contribution in [3.8, 4) is 0 Å². The minimum absolute atomic E-state index is 0.823. The fourth-order valence-corrected chi connectivity index (χ4v) is 2.91. The van der Waals surface area contributed by atoms with Crippen LogP contribution >= 0.6 is 23.4 Å². The van der Waals surface area contributed by atoms with Crippen LogP contribution in [0.3, 0.4) is 0 Å². The molecule has 0 spiro atoms. The van der Waals surface area contributed by atoms with Crippen LogP contribution in [0.1, 0.15) is 32.1 Å². The van der Waals surface area contributed by atoms with Gasteiger partial charge in [0.2, 0.25) is 0 Å². The van der Waals surface area contributed by atoms with Crippen LogP contribution in [0.4, 0.5) is 0 Å². The summed E-state index contributed by atoms with van der Waals surface area (Å²) in [5.41, 5.74) is 0. The predicted octanol–water partition coefficient (Wildman–Crippen LogP) is 3.50. The summed E-state index contributed by atoms with van der Waals surface area (Å²) in [5.74, 6) is 2.07. The number of hydrogen-bond acceptors (Lipinski definition) is 1. The average Bonchev–Trinajstić information content (AvgIpc) is 2.07. The van der Waals surface area contributed by atoms with Crippen molar-refractivity contribution in [2.75, 3.05) is 11.6 Å². The first kappa shape index (κ1) is 9.73. The second kappa shape index (κ2) is 6.19. The van der Waals surface area contributed by atoms with Gasteiger partial charge in [0.15, 0.2) is 0 Å². The Labute approximate surface area is 79.1 Å². The molecule has 65 valence electrons. The summed E-state index contributed by atoms with van der Waals surface area (Å²) in [6.45, 7) is 0. The summed E-state index contributed by atoms with van der Waals surface area (Å²) in [4.78, 5) is 0. The summed E-state index contributed by atoms with van der Waals surface area (Å²) < 4.78 is 0. The zero-order valence-corrected chi connectivity index (χ0v) is 8.46. The number of thioether (sulfide) groups is 1. The van der Waals surface area contributed by atoms with Gasteiger partial charge in [0.25, 0.3) is 0 Å². The van der Waals surface area contributed by atoms with Gasteiger partial charge in [-0.2, -0.15) is 11.8 Å². The fourth-order valence-electron chi connectivity index (χ4n) is 1.37. The lowest BCUT2D eigenvalue weighted by Gasteiger charge is -2.20. The van der Waals surface area contributed by atoms with Gasteiger partial charge in [0.1, 0.15) is 0 Å². The monoisotopic (exact) mass is 191 g/mol. The maximum absolute atomic E-state index is 5.60. The molecular weight excluding hydrogens is 176 g/mol. The van der Waals surface area contributed by atoms with E-state index in [9.17, 15) is 0 Å². The van der Waals surface area contributed by atoms with Crippen LogP contribution in [0.5, 0.6) is 0 Å². The van der Waals surface area contributed by atoms with Gasteiger partial charge in [-0.1, -0.05) is 12.8 Å². The Hall–Kier alpha value is 0.640. The Balaban J connectivity index is 1.96. The van der Waals surface area contributed by atoms with Crippen molar-refractivity contribution in [1.82, 2.24) is 0 Å². The summed E-state index contributed by atoms with van der Waals surface area (Å²) in [6.07, 6.45) is 9.09. The lowest BCUT2D eigenvalue weighted by molar-refractivity contribution is 0.606. The van der Waals surface area contributed by atoms with Crippen LogP contribution in [0.25, 0.3) is 0 Å². The first-order valence-electron chi connectivity index (χ1n) is 4.42. The van der Waals surface area contributed by atoms with Crippen LogP contribution in [-0.4, -0.2) is 16.9 Å². The number of hydrogen-bond donors (Lipinski definition) is 0. The van der Waals surface area contributed by atoms with E-state index in [1.807, 2.05) is 0 Å². The maximum atomic E-state index is 5.60. The lowest BCUT2D eigenvalue weighted by Crippen LogP contribution is -2.09. The Morgan fingerprint density at radius 2 is 2.45 bits per heavy atom. The highest BCUT2D eigenvalue weighted by molar-refractivity contribution is 7.99. The van der Waals surface area contributed by atoms with Crippen LogP contribution in [0.15, 0.2) is 0 Å². The van der Waals surface area contributed by atoms with Crippen LogP contribution in [0.2, 0.25) is 0 Å². The van der Waals surface area contributed by atoms with E-state index in [0.717, 1.165) is 11.1 Å². The van der Waals surface area contributed by atoms with E-state index in [-0.39, 0.29) is 0 Å². The smallest absolute Gasteiger partial charge is 0.0231 e. The second-order valence-corrected chi connectivity index (χ2v) is 4.78. The van der Waals surface area contributed by atoms with Crippen LogP contribution < -0.4 is 0 Å². The number of halogens is 1. The Morgan fingerprint density at radius 3 is 3.09 bits per heavy atom. The Bertz CT molecular complexity index is 89.6. The van der Waals surface area contributed by atoms with E-state index in [4.69, 9.17) is 11.6 Å². The molecule has 1 unspecified atom stereocenters. The summed E-state index contributed by atoms with van der Waals surface area (Å²) in [7, 11) is 0. The maximum Gasteiger partial charge on any atom is 0.0231 e. The highest BCUT2D eigenvalue weighted by atomic mass is 35.5. The molecule has 1 rings (SSSR count). The van der Waals surface area contributed by atoms with E-state index < -0.39 is 0 Å². The van der Waals surface area contributed by atoms with Gasteiger partial charge >= 0.3 is 0 Å². The zero-order valence-electron chi connectivity index (χ0n) is 6.89. The summed E-state index contributed by atoms with van der Waals surface area (Å²) in [6, 6.07) is 0. The molecule has 0 aromatic heterocycles. The predicted molar refractivity (Wildman–Crippen MR) is 54.4 cm³/mol. The zero-order chi connectivity index (χ0) is 7.94. The normalized spacial score (nSPS) is 20.5. The molecule has 2 heteroatoms. The summed E-state index contributed by atoms with van der Waals surface area (Å²) in [5, 5.41) is 0.909. The molecule has 0 aliphatic heterocycles. The molecule has 1 saturated carbocycles. The van der Waals surface area contributed by atoms with Crippen molar-refractivity contribution in [2.45, 2.75) is 37.4 Å². The lowest BCUT2D eigenvalue weighted by atomic mass is 10.0. The average molecular weight is 192 g/mol. The topological polar surface area (TPSA) is 0 Å². The Kier molecular flexibility index (Phi) is 5.47. The molecule has 0 saturated heterocycles. The third-order valence-electron chi connectivity index (χ3n) is 2.00. The molecule has 1 aliphatic rings. The second-order valence-electron chi connectivity index (χ2n) is 2.99. The van der Waals surface area contributed by atoms with Gasteiger partial charge in [-0.25, -0.2) is 0 Å². The van der Waals surface area contributed by atoms with E-state index in [2.05, 4.69) is 18.2 Å². The minimum atomic E-state index is 0.823. The van der Waals surface area contributed by atoms with Gasteiger partial charge in [-0.05, 0) is 31.4 Å². The molecule has 0 amide bonds. The fraction of sp³-hybridized carbons (Fsp3) is 0.889. The van der Waals surface area contributed by atoms with E-state index in [1.54, 1.807) is 0 Å². The SMILES string of the molecule is ClCCCSC1C[CH]CCC1. The van der Waals surface area contributed by atoms with Gasteiger partial charge in [0.05, 0.1) is 0 Å². The number of alkyl halides is 1. The molecule has 11 heavy (non-hydrogen) atoms. The summed E-state index contributed by atoms with van der Waals surface area (Å²) >= 11 is 7.70. The molecule has 0 heterocycles. The third kappa shape index (κ3) is 4.27. The van der Waals surface area contributed by atoms with E-state index >= 15 is 0 Å². The van der Waals surface area contributed by atoms with Crippen molar-refractivity contribution in [3.05, 3.63) is 6.42 Å². The first-order chi connectivity index (χ1) is 5.43. The van der Waals surface area contributed by atoms with E-state index in [1.165, 1.54) is 37.9 Å². The first-order valence-corrected chi connectivity index (χ1v) is 6.01. The van der Waals surface area contributed by atoms with Gasteiger partial charge in [-0.3, -0.25) is 0 Å². The molecule has 0 aromatic carbocycles. The standard InChI is InChI=1S/C9H16ClS/c10-7-4-8-11-9-5-2-1-3-6-9/h2,9H,1,3-8H2. The molecule has 1 aliphatic carbocycles. The van der Waals surface area contributed by atoms with Crippen LogP contribution in [0, 0.1) is 6.42 Å². The molecule has 1 fully saturated rings. The third-order valence-corrected chi connectivity index (χ3v) is 3.69. The largest absolute Gasteiger partial charge is 0.159 e. The molecule has 0 bridgehead atoms. The molecular formula is C9H16ClS. The molecule has 0 N–H and O–H groups in total. The highest BCUT2D eigenvalue weighted by Crippen LogP contribution is 2.27. The van der Waals surface area contributed by atoms with Gasteiger partial charge in [0, 0.05) is 11.1 Å².